The van der Waals surface area contributed by atoms with Crippen LogP contribution >= 0.6 is 0 Å². The van der Waals surface area contributed by atoms with E-state index >= 15 is 0 Å². The molecule has 0 atom stereocenters. The Morgan fingerprint density at radius 2 is 1.67 bits per heavy atom. The van der Waals surface area contributed by atoms with E-state index in [9.17, 15) is 17.9 Å². The van der Waals surface area contributed by atoms with Gasteiger partial charge in [-0.1, -0.05) is 18.2 Å². The Morgan fingerprint density at radius 1 is 1.04 bits per heavy atom. The van der Waals surface area contributed by atoms with Crippen molar-refractivity contribution in [3.05, 3.63) is 77.7 Å². The van der Waals surface area contributed by atoms with Gasteiger partial charge in [0, 0.05) is 5.69 Å². The van der Waals surface area contributed by atoms with Crippen LogP contribution in [0.1, 0.15) is 11.3 Å². The average Bonchev–Trinajstić information content (AvgIpc) is 2.93. The van der Waals surface area contributed by atoms with Crippen molar-refractivity contribution in [1.29, 1.82) is 0 Å². The summed E-state index contributed by atoms with van der Waals surface area (Å²) in [4.78, 5) is 0.150. The molecule has 24 heavy (non-hydrogen) atoms. The van der Waals surface area contributed by atoms with Crippen LogP contribution in [0.2, 0.25) is 0 Å². The highest BCUT2D eigenvalue weighted by Crippen LogP contribution is 2.30. The quantitative estimate of drug-likeness (QED) is 0.789. The maximum Gasteiger partial charge on any atom is 0.268 e. The first-order valence-electron chi connectivity index (χ1n) is 7.34. The number of hydrogen-bond acceptors (Lipinski definition) is 3. The Hall–Kier alpha value is -2.44. The van der Waals surface area contributed by atoms with Crippen LogP contribution in [-0.2, 0) is 16.6 Å². The summed E-state index contributed by atoms with van der Waals surface area (Å²) in [6.07, 6.45) is 0. The minimum atomic E-state index is -3.84. The molecule has 1 heterocycles. The van der Waals surface area contributed by atoms with Gasteiger partial charge in [0.05, 0.1) is 17.2 Å². The second-order valence-electron chi connectivity index (χ2n) is 5.39. The number of benzene rings is 2. The lowest BCUT2D eigenvalue weighted by molar-refractivity contribution is 0.281. The van der Waals surface area contributed by atoms with Crippen molar-refractivity contribution < 1.29 is 17.9 Å². The number of aliphatic hydroxyl groups excluding tert-OH is 1. The second kappa shape index (κ2) is 6.22. The lowest BCUT2D eigenvalue weighted by Gasteiger charge is -2.13. The highest BCUT2D eigenvalue weighted by atomic mass is 32.2. The number of nitrogens with zero attached hydrogens (tertiary/aromatic N) is 1. The van der Waals surface area contributed by atoms with Gasteiger partial charge in [0.1, 0.15) is 5.82 Å². The summed E-state index contributed by atoms with van der Waals surface area (Å²) < 4.78 is 40.5. The molecule has 0 amide bonds. The largest absolute Gasteiger partial charge is 0.392 e. The third kappa shape index (κ3) is 2.74. The van der Waals surface area contributed by atoms with Gasteiger partial charge >= 0.3 is 0 Å². The van der Waals surface area contributed by atoms with Gasteiger partial charge < -0.3 is 5.11 Å². The normalized spacial score (nSPS) is 11.6. The minimum Gasteiger partial charge on any atom is -0.392 e. The first-order valence-corrected chi connectivity index (χ1v) is 8.78. The zero-order valence-electron chi connectivity index (χ0n) is 13.0. The molecule has 0 bridgehead atoms. The molecule has 0 saturated heterocycles. The Balaban J connectivity index is 2.27. The molecule has 0 radical (unpaired) electrons. The summed E-state index contributed by atoms with van der Waals surface area (Å²) in [5.41, 5.74) is 1.88. The molecule has 0 unspecified atom stereocenters. The van der Waals surface area contributed by atoms with E-state index in [4.69, 9.17) is 0 Å². The van der Waals surface area contributed by atoms with Gasteiger partial charge in [0.2, 0.25) is 0 Å². The Labute approximate surface area is 139 Å². The molecule has 0 aliphatic heterocycles. The number of hydrogen-bond donors (Lipinski definition) is 1. The summed E-state index contributed by atoms with van der Waals surface area (Å²) in [6, 6.07) is 15.3. The molecule has 4 nitrogen and oxygen atoms in total. The summed E-state index contributed by atoms with van der Waals surface area (Å²) >= 11 is 0. The standard InChI is InChI=1S/C18H16FNO3S/c1-13-15(12-21)11-18(14-7-9-16(19)10-8-14)20(13)24(22,23)17-5-3-2-4-6-17/h2-11,21H,12H2,1H3. The molecular weight excluding hydrogens is 329 g/mol. The van der Waals surface area contributed by atoms with E-state index in [1.54, 1.807) is 31.2 Å². The third-order valence-corrected chi connectivity index (χ3v) is 5.71. The van der Waals surface area contributed by atoms with Gasteiger partial charge in [0.15, 0.2) is 0 Å². The highest BCUT2D eigenvalue weighted by Gasteiger charge is 2.24. The van der Waals surface area contributed by atoms with Crippen molar-refractivity contribution in [2.24, 2.45) is 0 Å². The van der Waals surface area contributed by atoms with Gasteiger partial charge in [-0.05, 0) is 60.5 Å². The first kappa shape index (κ1) is 16.4. The van der Waals surface area contributed by atoms with Gasteiger partial charge in [-0.25, -0.2) is 16.8 Å². The summed E-state index contributed by atoms with van der Waals surface area (Å²) in [6.45, 7) is 1.36. The summed E-state index contributed by atoms with van der Waals surface area (Å²) in [7, 11) is -3.84. The van der Waals surface area contributed by atoms with Crippen LogP contribution in [0, 0.1) is 12.7 Å². The first-order chi connectivity index (χ1) is 11.4. The van der Waals surface area contributed by atoms with Gasteiger partial charge in [-0.3, -0.25) is 0 Å². The number of rotatable bonds is 4. The fraction of sp³-hybridized carbons (Fsp3) is 0.111. The van der Waals surface area contributed by atoms with Crippen LogP contribution in [0.25, 0.3) is 11.3 Å². The molecule has 0 saturated carbocycles. The Morgan fingerprint density at radius 3 is 2.25 bits per heavy atom. The van der Waals surface area contributed by atoms with Crippen LogP contribution in [0.15, 0.2) is 65.6 Å². The lowest BCUT2D eigenvalue weighted by Crippen LogP contribution is -2.16. The van der Waals surface area contributed by atoms with E-state index < -0.39 is 15.8 Å². The maximum absolute atomic E-state index is 13.2. The maximum atomic E-state index is 13.2. The molecule has 0 spiro atoms. The fourth-order valence-electron chi connectivity index (χ4n) is 2.63. The van der Waals surface area contributed by atoms with Gasteiger partial charge in [-0.2, -0.15) is 0 Å². The molecule has 0 fully saturated rings. The van der Waals surface area contributed by atoms with Crippen molar-refractivity contribution in [3.63, 3.8) is 0 Å². The van der Waals surface area contributed by atoms with Crippen LogP contribution in [0.5, 0.6) is 0 Å². The molecule has 3 rings (SSSR count). The van der Waals surface area contributed by atoms with Gasteiger partial charge in [0.25, 0.3) is 10.0 Å². The van der Waals surface area contributed by atoms with Crippen molar-refractivity contribution in [2.45, 2.75) is 18.4 Å². The van der Waals surface area contributed by atoms with Crippen molar-refractivity contribution >= 4 is 10.0 Å². The SMILES string of the molecule is Cc1c(CO)cc(-c2ccc(F)cc2)n1S(=O)(=O)c1ccccc1. The number of aliphatic hydroxyl groups is 1. The summed E-state index contributed by atoms with van der Waals surface area (Å²) in [5.74, 6) is -0.401. The van der Waals surface area contributed by atoms with Crippen LogP contribution in [0.4, 0.5) is 4.39 Å². The Bertz CT molecular complexity index is 962. The van der Waals surface area contributed by atoms with E-state index in [1.807, 2.05) is 0 Å². The average molecular weight is 345 g/mol. The molecule has 1 N–H and O–H groups in total. The van der Waals surface area contributed by atoms with Crippen LogP contribution in [0.3, 0.4) is 0 Å². The highest BCUT2D eigenvalue weighted by molar-refractivity contribution is 7.90. The van der Waals surface area contributed by atoms with E-state index in [0.717, 1.165) is 0 Å². The molecule has 2 aromatic carbocycles. The number of aromatic nitrogens is 1. The van der Waals surface area contributed by atoms with E-state index in [0.29, 0.717) is 22.5 Å². The predicted octanol–water partition coefficient (Wildman–Crippen LogP) is 3.33. The minimum absolute atomic E-state index is 0.150. The molecule has 124 valence electrons. The molecule has 6 heteroatoms. The van der Waals surface area contributed by atoms with E-state index in [-0.39, 0.29) is 11.5 Å². The molecule has 1 aromatic heterocycles. The molecule has 0 aliphatic rings. The smallest absolute Gasteiger partial charge is 0.268 e. The molecule has 0 aliphatic carbocycles. The van der Waals surface area contributed by atoms with Crippen LogP contribution in [-0.4, -0.2) is 17.5 Å². The van der Waals surface area contributed by atoms with Crippen molar-refractivity contribution in [2.75, 3.05) is 0 Å². The summed E-state index contributed by atoms with van der Waals surface area (Å²) in [5, 5.41) is 9.52. The molecular formula is C18H16FNO3S. The zero-order chi connectivity index (χ0) is 17.3. The third-order valence-electron chi connectivity index (χ3n) is 3.89. The van der Waals surface area contributed by atoms with Gasteiger partial charge in [-0.15, -0.1) is 0 Å². The Kier molecular flexibility index (Phi) is 4.26. The molecule has 3 aromatic rings. The lowest BCUT2D eigenvalue weighted by atomic mass is 10.1. The number of halogens is 1. The van der Waals surface area contributed by atoms with E-state index in [2.05, 4.69) is 0 Å². The predicted molar refractivity (Wildman–Crippen MR) is 89.5 cm³/mol. The second-order valence-corrected chi connectivity index (χ2v) is 7.17. The van der Waals surface area contributed by atoms with Crippen LogP contribution < -0.4 is 0 Å². The topological polar surface area (TPSA) is 59.3 Å². The van der Waals surface area contributed by atoms with Crippen molar-refractivity contribution in [3.8, 4) is 11.3 Å². The van der Waals surface area contributed by atoms with Crippen molar-refractivity contribution in [1.82, 2.24) is 3.97 Å². The zero-order valence-corrected chi connectivity index (χ0v) is 13.8. The monoisotopic (exact) mass is 345 g/mol. The fourth-order valence-corrected chi connectivity index (χ4v) is 4.23. The van der Waals surface area contributed by atoms with E-state index in [1.165, 1.54) is 40.4 Å².